The number of amides is 1. The molecule has 1 aromatic carbocycles. The van der Waals surface area contributed by atoms with Crippen LogP contribution in [0.5, 0.6) is 11.5 Å². The molecule has 1 saturated heterocycles. The minimum atomic E-state index is 0.0432. The molecular formula is C15H20N2O3S. The van der Waals surface area contributed by atoms with E-state index in [1.54, 1.807) is 11.8 Å². The van der Waals surface area contributed by atoms with E-state index in [0.717, 1.165) is 42.3 Å². The quantitative estimate of drug-likeness (QED) is 0.838. The minimum absolute atomic E-state index is 0.0432. The van der Waals surface area contributed by atoms with Gasteiger partial charge < -0.3 is 20.1 Å². The third-order valence-corrected chi connectivity index (χ3v) is 4.57. The number of carbonyl (C=O) groups is 1. The van der Waals surface area contributed by atoms with Gasteiger partial charge in [0.15, 0.2) is 11.5 Å². The highest BCUT2D eigenvalue weighted by atomic mass is 32.2. The molecule has 1 aromatic rings. The van der Waals surface area contributed by atoms with Crippen molar-refractivity contribution in [1.82, 2.24) is 5.32 Å². The minimum Gasteiger partial charge on any atom is -0.486 e. The Hall–Kier alpha value is -1.40. The molecule has 3 rings (SSSR count). The second kappa shape index (κ2) is 6.58. The summed E-state index contributed by atoms with van der Waals surface area (Å²) in [6.07, 6.45) is 3.98. The van der Waals surface area contributed by atoms with Crippen molar-refractivity contribution >= 4 is 23.4 Å². The Balaban J connectivity index is 1.78. The Morgan fingerprint density at radius 3 is 2.76 bits per heavy atom. The second-order valence-electron chi connectivity index (χ2n) is 5.23. The van der Waals surface area contributed by atoms with Crippen LogP contribution in [0.3, 0.4) is 0 Å². The molecule has 0 aliphatic carbocycles. The third kappa shape index (κ3) is 3.27. The van der Waals surface area contributed by atoms with Crippen molar-refractivity contribution in [2.75, 3.05) is 37.9 Å². The molecule has 0 radical (unpaired) electrons. The van der Waals surface area contributed by atoms with Crippen LogP contribution in [0.15, 0.2) is 17.0 Å². The standard InChI is InChI=1S/C15H20N2O3S/c1-21-14-8-13-12(19-5-6-20-13)7-11(14)17-15(18)10-3-2-4-16-9-10/h7-8,10,16H,2-6,9H2,1H3,(H,17,18). The molecule has 1 unspecified atom stereocenters. The number of carbonyl (C=O) groups excluding carboxylic acids is 1. The highest BCUT2D eigenvalue weighted by molar-refractivity contribution is 7.98. The first-order valence-electron chi connectivity index (χ1n) is 7.27. The van der Waals surface area contributed by atoms with Gasteiger partial charge in [0.2, 0.25) is 5.91 Å². The van der Waals surface area contributed by atoms with E-state index in [2.05, 4.69) is 10.6 Å². The van der Waals surface area contributed by atoms with Gasteiger partial charge in [-0.3, -0.25) is 4.79 Å². The van der Waals surface area contributed by atoms with E-state index in [1.807, 2.05) is 18.4 Å². The summed E-state index contributed by atoms with van der Waals surface area (Å²) in [5.74, 6) is 1.58. The average molecular weight is 308 g/mol. The predicted molar refractivity (Wildman–Crippen MR) is 83.4 cm³/mol. The number of nitrogens with one attached hydrogen (secondary N) is 2. The van der Waals surface area contributed by atoms with E-state index < -0.39 is 0 Å². The third-order valence-electron chi connectivity index (χ3n) is 3.79. The van der Waals surface area contributed by atoms with Crippen LogP contribution in [-0.4, -0.2) is 38.5 Å². The smallest absolute Gasteiger partial charge is 0.228 e. The summed E-state index contributed by atoms with van der Waals surface area (Å²) >= 11 is 1.59. The molecule has 1 fully saturated rings. The molecule has 5 nitrogen and oxygen atoms in total. The lowest BCUT2D eigenvalue weighted by atomic mass is 9.99. The van der Waals surface area contributed by atoms with Crippen LogP contribution < -0.4 is 20.1 Å². The number of hydrogen-bond donors (Lipinski definition) is 2. The normalized spacial score (nSPS) is 20.9. The van der Waals surface area contributed by atoms with E-state index in [1.165, 1.54) is 0 Å². The van der Waals surface area contributed by atoms with Crippen molar-refractivity contribution in [2.45, 2.75) is 17.7 Å². The first-order valence-corrected chi connectivity index (χ1v) is 8.49. The Morgan fingerprint density at radius 2 is 2.10 bits per heavy atom. The lowest BCUT2D eigenvalue weighted by molar-refractivity contribution is -0.120. The molecule has 6 heteroatoms. The molecule has 0 aromatic heterocycles. The van der Waals surface area contributed by atoms with Gasteiger partial charge in [0.25, 0.3) is 0 Å². The van der Waals surface area contributed by atoms with Crippen LogP contribution in [0, 0.1) is 5.92 Å². The lowest BCUT2D eigenvalue weighted by Crippen LogP contribution is -2.37. The van der Waals surface area contributed by atoms with E-state index in [-0.39, 0.29) is 11.8 Å². The van der Waals surface area contributed by atoms with Crippen molar-refractivity contribution in [2.24, 2.45) is 5.92 Å². The zero-order chi connectivity index (χ0) is 14.7. The van der Waals surface area contributed by atoms with Crippen molar-refractivity contribution in [3.05, 3.63) is 12.1 Å². The summed E-state index contributed by atoms with van der Waals surface area (Å²) < 4.78 is 11.2. The monoisotopic (exact) mass is 308 g/mol. The largest absolute Gasteiger partial charge is 0.486 e. The zero-order valence-electron chi connectivity index (χ0n) is 12.1. The molecule has 2 N–H and O–H groups in total. The molecule has 0 spiro atoms. The van der Waals surface area contributed by atoms with Gasteiger partial charge in [0, 0.05) is 17.5 Å². The number of fused-ring (bicyclic) bond motifs is 1. The fraction of sp³-hybridized carbons (Fsp3) is 0.533. The zero-order valence-corrected chi connectivity index (χ0v) is 12.9. The van der Waals surface area contributed by atoms with Crippen LogP contribution in [0.4, 0.5) is 5.69 Å². The number of piperidine rings is 1. The maximum atomic E-state index is 12.4. The van der Waals surface area contributed by atoms with Crippen LogP contribution in [0.25, 0.3) is 0 Å². The van der Waals surface area contributed by atoms with E-state index in [0.29, 0.717) is 19.0 Å². The first kappa shape index (κ1) is 14.5. The molecule has 1 atom stereocenters. The van der Waals surface area contributed by atoms with Crippen LogP contribution in [0.2, 0.25) is 0 Å². The number of anilines is 1. The maximum absolute atomic E-state index is 12.4. The van der Waals surface area contributed by atoms with E-state index in [4.69, 9.17) is 9.47 Å². The lowest BCUT2D eigenvalue weighted by Gasteiger charge is -2.24. The highest BCUT2D eigenvalue weighted by Gasteiger charge is 2.23. The highest BCUT2D eigenvalue weighted by Crippen LogP contribution is 2.39. The van der Waals surface area contributed by atoms with E-state index in [9.17, 15) is 4.79 Å². The van der Waals surface area contributed by atoms with Crippen molar-refractivity contribution in [3.63, 3.8) is 0 Å². The predicted octanol–water partition coefficient (Wildman–Crippen LogP) is 2.12. The van der Waals surface area contributed by atoms with Gasteiger partial charge >= 0.3 is 0 Å². The van der Waals surface area contributed by atoms with Gasteiger partial charge in [-0.05, 0) is 31.7 Å². The molecule has 2 aliphatic rings. The van der Waals surface area contributed by atoms with Crippen LogP contribution in [-0.2, 0) is 4.79 Å². The summed E-state index contributed by atoms with van der Waals surface area (Å²) in [4.78, 5) is 13.4. The number of hydrogen-bond acceptors (Lipinski definition) is 5. The van der Waals surface area contributed by atoms with Gasteiger partial charge in [-0.2, -0.15) is 0 Å². The fourth-order valence-electron chi connectivity index (χ4n) is 2.65. The Morgan fingerprint density at radius 1 is 1.33 bits per heavy atom. The number of ether oxygens (including phenoxy) is 2. The first-order chi connectivity index (χ1) is 10.3. The number of benzene rings is 1. The summed E-state index contributed by atoms with van der Waals surface area (Å²) in [6.45, 7) is 2.88. The van der Waals surface area contributed by atoms with Gasteiger partial charge in [-0.15, -0.1) is 11.8 Å². The summed E-state index contributed by atoms with van der Waals surface area (Å²) in [5, 5.41) is 6.32. The van der Waals surface area contributed by atoms with Gasteiger partial charge in [0.05, 0.1) is 11.6 Å². The molecule has 21 heavy (non-hydrogen) atoms. The SMILES string of the molecule is CSc1cc2c(cc1NC(=O)C1CCCNC1)OCCO2. The fourth-order valence-corrected chi connectivity index (χ4v) is 3.20. The van der Waals surface area contributed by atoms with Gasteiger partial charge in [-0.25, -0.2) is 0 Å². The summed E-state index contributed by atoms with van der Waals surface area (Å²) in [6, 6.07) is 3.81. The van der Waals surface area contributed by atoms with E-state index >= 15 is 0 Å². The Kier molecular flexibility index (Phi) is 4.55. The molecule has 2 aliphatic heterocycles. The van der Waals surface area contributed by atoms with Crippen molar-refractivity contribution < 1.29 is 14.3 Å². The van der Waals surface area contributed by atoms with Crippen LogP contribution >= 0.6 is 11.8 Å². The topological polar surface area (TPSA) is 59.6 Å². The maximum Gasteiger partial charge on any atom is 0.228 e. The Labute approximate surface area is 128 Å². The molecular weight excluding hydrogens is 288 g/mol. The van der Waals surface area contributed by atoms with Crippen molar-refractivity contribution in [3.8, 4) is 11.5 Å². The Bertz CT molecular complexity index is 530. The summed E-state index contributed by atoms with van der Waals surface area (Å²) in [7, 11) is 0. The molecule has 1 amide bonds. The molecule has 114 valence electrons. The average Bonchev–Trinajstić information content (AvgIpc) is 2.55. The second-order valence-corrected chi connectivity index (χ2v) is 6.08. The number of thioether (sulfide) groups is 1. The summed E-state index contributed by atoms with van der Waals surface area (Å²) in [5.41, 5.74) is 0.808. The molecule has 0 bridgehead atoms. The van der Waals surface area contributed by atoms with Crippen LogP contribution in [0.1, 0.15) is 12.8 Å². The number of rotatable bonds is 3. The van der Waals surface area contributed by atoms with Gasteiger partial charge in [-0.1, -0.05) is 0 Å². The van der Waals surface area contributed by atoms with Crippen molar-refractivity contribution in [1.29, 1.82) is 0 Å². The van der Waals surface area contributed by atoms with Gasteiger partial charge in [0.1, 0.15) is 13.2 Å². The molecule has 0 saturated carbocycles. The molecule has 2 heterocycles.